The van der Waals surface area contributed by atoms with Gasteiger partial charge in [-0.1, -0.05) is 72.6 Å². The molecule has 2 aliphatic rings. The smallest absolute Gasteiger partial charge is 0.237 e. The summed E-state index contributed by atoms with van der Waals surface area (Å²) in [6, 6.07) is 0.618. The van der Waals surface area contributed by atoms with E-state index in [0.29, 0.717) is 12.0 Å². The normalized spacial score (nSPS) is 18.7. The second-order valence-electron chi connectivity index (χ2n) is 9.47. The Morgan fingerprint density at radius 3 is 1.94 bits per heavy atom. The predicted molar refractivity (Wildman–Crippen MR) is 151 cm³/mol. The second-order valence-corrected chi connectivity index (χ2v) is 9.47. The van der Waals surface area contributed by atoms with E-state index in [1.54, 1.807) is 0 Å². The van der Waals surface area contributed by atoms with Gasteiger partial charge in [0, 0.05) is 6.04 Å². The number of unbranched alkanes of at least 4 members (excludes halogenated alkanes) is 1. The number of hydrogen-bond acceptors (Lipinski definition) is 6. The SMILES string of the molecule is C=O.CCC.CCCCC(CCC)NC(=O)C1CCCN1C.CNC(C=O)C1CCCCC1.NC=O. The van der Waals surface area contributed by atoms with Gasteiger partial charge in [-0.05, 0) is 65.1 Å². The zero-order valence-corrected chi connectivity index (χ0v) is 24.2. The summed E-state index contributed by atoms with van der Waals surface area (Å²) in [4.78, 5) is 41.5. The van der Waals surface area contributed by atoms with Gasteiger partial charge in [-0.25, -0.2) is 0 Å². The molecule has 1 saturated carbocycles. The molecule has 214 valence electrons. The van der Waals surface area contributed by atoms with Crippen LogP contribution in [0.1, 0.15) is 111 Å². The number of nitrogens with zero attached hydrogens (tertiary/aromatic N) is 1. The molecular weight excluding hydrogens is 456 g/mol. The summed E-state index contributed by atoms with van der Waals surface area (Å²) in [5.74, 6) is 0.853. The Kier molecular flexibility index (Phi) is 31.7. The Morgan fingerprint density at radius 1 is 1.00 bits per heavy atom. The lowest BCUT2D eigenvalue weighted by molar-refractivity contribution is -0.126. The summed E-state index contributed by atoms with van der Waals surface area (Å²) < 4.78 is 0. The molecule has 2 amide bonds. The van der Waals surface area contributed by atoms with Crippen molar-refractivity contribution in [3.8, 4) is 0 Å². The zero-order chi connectivity index (χ0) is 28.2. The Hall–Kier alpha value is -1.80. The van der Waals surface area contributed by atoms with Crippen LogP contribution in [-0.2, 0) is 19.2 Å². The highest BCUT2D eigenvalue weighted by atomic mass is 16.2. The molecule has 36 heavy (non-hydrogen) atoms. The summed E-state index contributed by atoms with van der Waals surface area (Å²) in [7, 11) is 3.92. The largest absolute Gasteiger partial charge is 0.372 e. The molecule has 0 aromatic carbocycles. The molecule has 0 bridgehead atoms. The molecule has 3 atom stereocenters. The van der Waals surface area contributed by atoms with Crippen LogP contribution >= 0.6 is 0 Å². The van der Waals surface area contributed by atoms with Crippen molar-refractivity contribution in [3.63, 3.8) is 0 Å². The standard InChI is InChI=1S/C14H28N2O.C9H17NO.C3H8.CH3NO.CH2O/c1-4-6-9-12(8-5-2)15-14(17)13-10-7-11-16(13)3;1-10-9(7-11)8-5-3-2-4-6-8;1-3-2;2-1-3;1-2/h12-13H,4-11H2,1-3H3,(H,15,17);7-10H,2-6H2,1H3;3H2,1-2H3;1H,(H2,2,3);1H2. The topological polar surface area (TPSA) is 122 Å². The number of hydrogen-bond donors (Lipinski definition) is 3. The number of rotatable bonds is 10. The van der Waals surface area contributed by atoms with Crippen LogP contribution in [0.25, 0.3) is 0 Å². The summed E-state index contributed by atoms with van der Waals surface area (Å²) in [5, 5.41) is 6.30. The van der Waals surface area contributed by atoms with Gasteiger partial charge in [0.1, 0.15) is 13.1 Å². The van der Waals surface area contributed by atoms with Crippen molar-refractivity contribution >= 4 is 25.4 Å². The van der Waals surface area contributed by atoms with Gasteiger partial charge in [0.2, 0.25) is 12.3 Å². The van der Waals surface area contributed by atoms with Crippen LogP contribution in [0.3, 0.4) is 0 Å². The third-order valence-electron chi connectivity index (χ3n) is 6.35. The van der Waals surface area contributed by atoms with Crippen LogP contribution in [-0.4, -0.2) is 69.1 Å². The number of likely N-dealkylation sites (tertiary alicyclic amines) is 1. The molecule has 1 saturated heterocycles. The summed E-state index contributed by atoms with van der Waals surface area (Å²) >= 11 is 0. The fourth-order valence-corrected chi connectivity index (χ4v) is 4.53. The lowest BCUT2D eigenvalue weighted by Gasteiger charge is -2.25. The molecule has 2 fully saturated rings. The Balaban J connectivity index is -0.000000490. The maximum atomic E-state index is 12.2. The second kappa shape index (κ2) is 29.4. The first kappa shape index (κ1) is 38.7. The quantitative estimate of drug-likeness (QED) is 0.375. The molecule has 8 heteroatoms. The number of nitrogens with one attached hydrogen (secondary N) is 2. The van der Waals surface area contributed by atoms with Crippen LogP contribution in [0.5, 0.6) is 0 Å². The van der Waals surface area contributed by atoms with Crippen LogP contribution in [0.4, 0.5) is 0 Å². The van der Waals surface area contributed by atoms with Gasteiger partial charge in [0.05, 0.1) is 12.1 Å². The zero-order valence-electron chi connectivity index (χ0n) is 24.2. The van der Waals surface area contributed by atoms with Crippen LogP contribution in [0.15, 0.2) is 0 Å². The fourth-order valence-electron chi connectivity index (χ4n) is 4.53. The van der Waals surface area contributed by atoms with Crippen molar-refractivity contribution in [1.29, 1.82) is 0 Å². The number of likely N-dealkylation sites (N-methyl/N-ethyl adjacent to an activating group) is 2. The van der Waals surface area contributed by atoms with E-state index >= 15 is 0 Å². The van der Waals surface area contributed by atoms with Crippen molar-refractivity contribution in [2.75, 3.05) is 20.6 Å². The molecule has 0 spiro atoms. The van der Waals surface area contributed by atoms with Gasteiger partial charge >= 0.3 is 0 Å². The molecule has 0 aromatic rings. The Labute approximate surface area is 221 Å². The molecular formula is C28H58N4O4. The molecule has 8 nitrogen and oxygen atoms in total. The van der Waals surface area contributed by atoms with Gasteiger partial charge in [-0.2, -0.15) is 0 Å². The first-order valence-corrected chi connectivity index (χ1v) is 14.0. The van der Waals surface area contributed by atoms with Crippen LogP contribution in [0.2, 0.25) is 0 Å². The van der Waals surface area contributed by atoms with E-state index in [1.165, 1.54) is 51.4 Å². The van der Waals surface area contributed by atoms with Gasteiger partial charge in [0.25, 0.3) is 0 Å². The lowest BCUT2D eigenvalue weighted by atomic mass is 9.84. The van der Waals surface area contributed by atoms with E-state index in [-0.39, 0.29) is 24.4 Å². The van der Waals surface area contributed by atoms with Crippen molar-refractivity contribution in [2.24, 2.45) is 11.7 Å². The molecule has 2 rings (SSSR count). The minimum atomic E-state index is 0.107. The first-order chi connectivity index (χ1) is 17.4. The minimum Gasteiger partial charge on any atom is -0.372 e. The lowest BCUT2D eigenvalue weighted by Crippen LogP contribution is -2.45. The highest BCUT2D eigenvalue weighted by molar-refractivity contribution is 5.82. The monoisotopic (exact) mass is 514 g/mol. The van der Waals surface area contributed by atoms with Crippen LogP contribution < -0.4 is 16.4 Å². The number of amides is 2. The molecule has 1 heterocycles. The number of carbonyl (C=O) groups excluding carboxylic acids is 4. The number of carbonyl (C=O) groups is 4. The average Bonchev–Trinajstić information content (AvgIpc) is 3.33. The minimum absolute atomic E-state index is 0.107. The summed E-state index contributed by atoms with van der Waals surface area (Å²) in [6.07, 6.45) is 17.0. The molecule has 1 aliphatic heterocycles. The molecule has 0 aromatic heterocycles. The fraction of sp³-hybridized carbons (Fsp3) is 0.857. The number of primary amides is 1. The highest BCUT2D eigenvalue weighted by Gasteiger charge is 2.28. The van der Waals surface area contributed by atoms with E-state index < -0.39 is 0 Å². The van der Waals surface area contributed by atoms with Crippen molar-refractivity contribution in [1.82, 2.24) is 15.5 Å². The Bertz CT molecular complexity index is 502. The summed E-state index contributed by atoms with van der Waals surface area (Å²) in [5.41, 5.74) is 4.17. The van der Waals surface area contributed by atoms with E-state index in [9.17, 15) is 9.59 Å². The van der Waals surface area contributed by atoms with Gasteiger partial charge in [-0.3, -0.25) is 14.5 Å². The number of aldehydes is 1. The third kappa shape index (κ3) is 20.4. The first-order valence-electron chi connectivity index (χ1n) is 14.0. The molecule has 4 N–H and O–H groups in total. The van der Waals surface area contributed by atoms with Gasteiger partial charge < -0.3 is 26.0 Å². The van der Waals surface area contributed by atoms with E-state index in [0.717, 1.165) is 44.9 Å². The van der Waals surface area contributed by atoms with E-state index in [1.807, 2.05) is 13.8 Å². The van der Waals surface area contributed by atoms with Gasteiger partial charge in [-0.15, -0.1) is 0 Å². The molecule has 1 aliphatic carbocycles. The summed E-state index contributed by atoms with van der Waals surface area (Å²) in [6.45, 7) is 11.7. The maximum Gasteiger partial charge on any atom is 0.237 e. The predicted octanol–water partition coefficient (Wildman–Crippen LogP) is 4.24. The third-order valence-corrected chi connectivity index (χ3v) is 6.35. The van der Waals surface area contributed by atoms with Crippen molar-refractivity contribution < 1.29 is 19.2 Å². The van der Waals surface area contributed by atoms with E-state index in [4.69, 9.17) is 9.59 Å². The Morgan fingerprint density at radius 2 is 1.56 bits per heavy atom. The van der Waals surface area contributed by atoms with Crippen molar-refractivity contribution in [3.05, 3.63) is 0 Å². The van der Waals surface area contributed by atoms with Crippen LogP contribution in [0, 0.1) is 5.92 Å². The highest BCUT2D eigenvalue weighted by Crippen LogP contribution is 2.25. The maximum absolute atomic E-state index is 12.2. The number of nitrogens with two attached hydrogens (primary N) is 1. The molecule has 3 unspecified atom stereocenters. The average molecular weight is 515 g/mol. The van der Waals surface area contributed by atoms with Gasteiger partial charge in [0.15, 0.2) is 0 Å². The van der Waals surface area contributed by atoms with Crippen molar-refractivity contribution in [2.45, 2.75) is 129 Å². The van der Waals surface area contributed by atoms with E-state index in [2.05, 4.69) is 56.0 Å². The molecule has 0 radical (unpaired) electrons.